The van der Waals surface area contributed by atoms with Crippen molar-refractivity contribution in [3.8, 4) is 0 Å². The van der Waals surface area contributed by atoms with Crippen LogP contribution in [0.2, 0.25) is 10.0 Å². The van der Waals surface area contributed by atoms with Crippen molar-refractivity contribution in [2.24, 2.45) is 0 Å². The van der Waals surface area contributed by atoms with Crippen LogP contribution in [-0.2, 0) is 10.8 Å². The lowest BCUT2D eigenvalue weighted by Crippen LogP contribution is -2.32. The normalized spacial score (nSPS) is 18.0. The number of aliphatic hydroxyl groups is 1. The molecule has 0 amide bonds. The lowest BCUT2D eigenvalue weighted by atomic mass is 10.0. The lowest BCUT2D eigenvalue weighted by Gasteiger charge is -2.26. The Morgan fingerprint density at radius 1 is 1.12 bits per heavy atom. The van der Waals surface area contributed by atoms with Gasteiger partial charge in [-0.3, -0.25) is 4.21 Å². The van der Waals surface area contributed by atoms with Gasteiger partial charge in [0.25, 0.3) is 0 Å². The number of anilines is 1. The van der Waals surface area contributed by atoms with Crippen molar-refractivity contribution in [3.63, 3.8) is 0 Å². The van der Waals surface area contributed by atoms with Crippen molar-refractivity contribution in [1.29, 1.82) is 0 Å². The topological polar surface area (TPSA) is 53.4 Å². The number of rotatable bonds is 6. The maximum Gasteiger partial charge on any atom is 0.129 e. The van der Waals surface area contributed by atoms with Crippen molar-refractivity contribution < 1.29 is 18.1 Å². The second kappa shape index (κ2) is 9.83. The van der Waals surface area contributed by atoms with E-state index < -0.39 is 27.7 Å². The Labute approximate surface area is 197 Å². The van der Waals surface area contributed by atoms with Crippen molar-refractivity contribution in [3.05, 3.63) is 87.5 Å². The van der Waals surface area contributed by atoms with E-state index in [1.165, 1.54) is 6.20 Å². The maximum atomic E-state index is 14.9. The molecular weight excluding hydrogens is 477 g/mol. The van der Waals surface area contributed by atoms with E-state index in [1.54, 1.807) is 30.3 Å². The predicted octanol–water partition coefficient (Wildman–Crippen LogP) is 5.52. The average Bonchev–Trinajstić information content (AvgIpc) is 3.27. The minimum absolute atomic E-state index is 0.0295. The Morgan fingerprint density at radius 3 is 2.59 bits per heavy atom. The molecule has 2 aromatic carbocycles. The summed E-state index contributed by atoms with van der Waals surface area (Å²) >= 11 is 12.4. The first-order chi connectivity index (χ1) is 15.4. The molecule has 0 saturated carbocycles. The molecule has 3 unspecified atom stereocenters. The standard InChI is InChI=1S/C23H20Cl2F2N2O2S/c24-14-3-6-17(7-4-14)32(31)23(19-10-15(26)5-8-21(19)27)18-11-22(28-12-20(18)25)29-9-1-2-16(29)13-30/h3-8,10-12,16,23,30H,1-2,9,13H2. The summed E-state index contributed by atoms with van der Waals surface area (Å²) in [6, 6.07) is 11.0. The van der Waals surface area contributed by atoms with Gasteiger partial charge in [0.05, 0.1) is 33.7 Å². The fourth-order valence-electron chi connectivity index (χ4n) is 3.95. The molecule has 4 nitrogen and oxygen atoms in total. The van der Waals surface area contributed by atoms with E-state index in [9.17, 15) is 18.1 Å². The van der Waals surface area contributed by atoms with Crippen LogP contribution in [0.3, 0.4) is 0 Å². The zero-order chi connectivity index (χ0) is 22.8. The zero-order valence-electron chi connectivity index (χ0n) is 16.8. The molecule has 1 saturated heterocycles. The van der Waals surface area contributed by atoms with Gasteiger partial charge in [0.15, 0.2) is 0 Å². The van der Waals surface area contributed by atoms with E-state index in [2.05, 4.69) is 4.98 Å². The van der Waals surface area contributed by atoms with E-state index in [4.69, 9.17) is 23.2 Å². The molecule has 32 heavy (non-hydrogen) atoms. The van der Waals surface area contributed by atoms with Crippen molar-refractivity contribution >= 4 is 39.8 Å². The highest BCUT2D eigenvalue weighted by Crippen LogP contribution is 2.39. The van der Waals surface area contributed by atoms with Crippen LogP contribution in [0.5, 0.6) is 0 Å². The third kappa shape index (κ3) is 4.66. The van der Waals surface area contributed by atoms with Gasteiger partial charge in [-0.05, 0) is 66.9 Å². The largest absolute Gasteiger partial charge is 0.394 e. The second-order valence-electron chi connectivity index (χ2n) is 7.53. The molecule has 0 spiro atoms. The van der Waals surface area contributed by atoms with Crippen LogP contribution in [-0.4, -0.2) is 33.5 Å². The summed E-state index contributed by atoms with van der Waals surface area (Å²) in [7, 11) is -1.83. The quantitative estimate of drug-likeness (QED) is 0.487. The van der Waals surface area contributed by atoms with Gasteiger partial charge in [-0.25, -0.2) is 13.8 Å². The molecule has 9 heteroatoms. The zero-order valence-corrected chi connectivity index (χ0v) is 19.2. The molecule has 3 aromatic rings. The number of benzene rings is 2. The molecule has 1 fully saturated rings. The monoisotopic (exact) mass is 496 g/mol. The van der Waals surface area contributed by atoms with Gasteiger partial charge in [0.2, 0.25) is 0 Å². The van der Waals surface area contributed by atoms with Crippen molar-refractivity contribution in [2.75, 3.05) is 18.1 Å². The minimum Gasteiger partial charge on any atom is -0.394 e. The number of nitrogens with zero attached hydrogens (tertiary/aromatic N) is 2. The molecule has 4 rings (SSSR count). The summed E-state index contributed by atoms with van der Waals surface area (Å²) in [4.78, 5) is 6.72. The summed E-state index contributed by atoms with van der Waals surface area (Å²) in [6.07, 6.45) is 3.13. The Morgan fingerprint density at radius 2 is 1.88 bits per heavy atom. The molecule has 1 aliphatic heterocycles. The number of aliphatic hydroxyl groups excluding tert-OH is 1. The summed E-state index contributed by atoms with van der Waals surface area (Å²) < 4.78 is 42.6. The molecular formula is C23H20Cl2F2N2O2S. The Hall–Kier alpha value is -2.06. The number of aromatic nitrogens is 1. The maximum absolute atomic E-state index is 14.9. The molecule has 3 atom stereocenters. The molecule has 168 valence electrons. The summed E-state index contributed by atoms with van der Waals surface area (Å²) in [5.74, 6) is -0.803. The van der Waals surface area contributed by atoms with Gasteiger partial charge in [-0.1, -0.05) is 23.2 Å². The predicted molar refractivity (Wildman–Crippen MR) is 123 cm³/mol. The van der Waals surface area contributed by atoms with Crippen LogP contribution in [0.15, 0.2) is 59.6 Å². The van der Waals surface area contributed by atoms with E-state index >= 15 is 0 Å². The molecule has 0 aliphatic carbocycles. The van der Waals surface area contributed by atoms with Gasteiger partial charge < -0.3 is 10.0 Å². The van der Waals surface area contributed by atoms with E-state index in [-0.39, 0.29) is 23.2 Å². The second-order valence-corrected chi connectivity index (χ2v) is 9.91. The highest BCUT2D eigenvalue weighted by molar-refractivity contribution is 7.85. The van der Waals surface area contributed by atoms with Gasteiger partial charge in [0, 0.05) is 28.2 Å². The Kier molecular flexibility index (Phi) is 7.10. The Balaban J connectivity index is 1.86. The molecule has 0 radical (unpaired) electrons. The highest BCUT2D eigenvalue weighted by atomic mass is 35.5. The van der Waals surface area contributed by atoms with Gasteiger partial charge in [-0.2, -0.15) is 0 Å². The first-order valence-corrected chi connectivity index (χ1v) is 12.0. The highest BCUT2D eigenvalue weighted by Gasteiger charge is 2.31. The molecule has 1 aliphatic rings. The SMILES string of the molecule is O=S(c1ccc(Cl)cc1)C(c1cc(F)ccc1F)c1cc(N2CCCC2CO)ncc1Cl. The molecule has 1 aromatic heterocycles. The van der Waals surface area contributed by atoms with Crippen LogP contribution in [0.1, 0.15) is 29.2 Å². The molecule has 2 heterocycles. The van der Waals surface area contributed by atoms with E-state index in [0.29, 0.717) is 27.8 Å². The van der Waals surface area contributed by atoms with Crippen LogP contribution < -0.4 is 4.90 Å². The first kappa shape index (κ1) is 23.1. The van der Waals surface area contributed by atoms with Crippen LogP contribution in [0.25, 0.3) is 0 Å². The van der Waals surface area contributed by atoms with Crippen LogP contribution in [0, 0.1) is 11.6 Å². The van der Waals surface area contributed by atoms with E-state index in [0.717, 1.165) is 31.0 Å². The minimum atomic E-state index is -1.83. The molecule has 1 N–H and O–H groups in total. The third-order valence-corrected chi connectivity index (χ3v) is 7.78. The van der Waals surface area contributed by atoms with Crippen LogP contribution >= 0.6 is 23.2 Å². The van der Waals surface area contributed by atoms with Crippen molar-refractivity contribution in [1.82, 2.24) is 4.98 Å². The third-order valence-electron chi connectivity index (χ3n) is 5.54. The van der Waals surface area contributed by atoms with Crippen LogP contribution in [0.4, 0.5) is 14.6 Å². The summed E-state index contributed by atoms with van der Waals surface area (Å²) in [6.45, 7) is 0.664. The number of pyridine rings is 1. The van der Waals surface area contributed by atoms with Gasteiger partial charge >= 0.3 is 0 Å². The van der Waals surface area contributed by atoms with Gasteiger partial charge in [0.1, 0.15) is 17.5 Å². The smallest absolute Gasteiger partial charge is 0.129 e. The number of hydrogen-bond donors (Lipinski definition) is 1. The molecule has 0 bridgehead atoms. The van der Waals surface area contributed by atoms with Gasteiger partial charge in [-0.15, -0.1) is 0 Å². The number of hydrogen-bond acceptors (Lipinski definition) is 4. The first-order valence-electron chi connectivity index (χ1n) is 10.0. The fraction of sp³-hybridized carbons (Fsp3) is 0.261. The fourth-order valence-corrected chi connectivity index (χ4v) is 5.86. The summed E-state index contributed by atoms with van der Waals surface area (Å²) in [5.41, 5.74) is 0.288. The Bertz CT molecular complexity index is 1150. The number of halogens is 4. The average molecular weight is 497 g/mol. The summed E-state index contributed by atoms with van der Waals surface area (Å²) in [5, 5.41) is 9.25. The van der Waals surface area contributed by atoms with E-state index in [1.807, 2.05) is 4.90 Å². The van der Waals surface area contributed by atoms with Crippen molar-refractivity contribution in [2.45, 2.75) is 29.0 Å². The lowest BCUT2D eigenvalue weighted by molar-refractivity contribution is 0.266.